The van der Waals surface area contributed by atoms with Crippen molar-refractivity contribution in [2.24, 2.45) is 5.92 Å². The number of aromatic nitrogens is 3. The van der Waals surface area contributed by atoms with Gasteiger partial charge < -0.3 is 14.6 Å². The second-order valence-electron chi connectivity index (χ2n) is 8.06. The minimum absolute atomic E-state index is 0.0285. The zero-order valence-electron chi connectivity index (χ0n) is 17.8. The molecule has 29 heavy (non-hydrogen) atoms. The van der Waals surface area contributed by atoms with Crippen LogP contribution in [-0.4, -0.2) is 27.6 Å². The van der Waals surface area contributed by atoms with Gasteiger partial charge in [0, 0.05) is 12.2 Å². The molecule has 6 nitrogen and oxygen atoms in total. The molecule has 1 amide bonds. The lowest BCUT2D eigenvalue weighted by Crippen LogP contribution is -2.33. The molecule has 1 atom stereocenters. The number of hydrogen-bond acceptors (Lipinski definition) is 4. The van der Waals surface area contributed by atoms with Crippen molar-refractivity contribution >= 4 is 17.1 Å². The number of nitrogens with zero attached hydrogens (tertiary/aromatic N) is 3. The topological polar surface area (TPSA) is 69.0 Å². The van der Waals surface area contributed by atoms with Crippen molar-refractivity contribution in [2.45, 2.75) is 52.6 Å². The van der Waals surface area contributed by atoms with Crippen LogP contribution in [-0.2, 0) is 11.2 Å². The Bertz CT molecular complexity index is 978. The van der Waals surface area contributed by atoms with Crippen LogP contribution in [0.3, 0.4) is 0 Å². The third-order valence-corrected chi connectivity index (χ3v) is 4.85. The maximum atomic E-state index is 12.9. The number of amides is 1. The molecule has 0 unspecified atom stereocenters. The molecule has 1 aromatic carbocycles. The number of pyridine rings is 1. The van der Waals surface area contributed by atoms with Crippen LogP contribution >= 0.6 is 0 Å². The van der Waals surface area contributed by atoms with Crippen LogP contribution < -0.4 is 10.1 Å². The molecule has 154 valence electrons. The fraction of sp³-hybridized carbons (Fsp3) is 0.435. The molecule has 6 heteroatoms. The lowest BCUT2D eigenvalue weighted by Gasteiger charge is -2.23. The summed E-state index contributed by atoms with van der Waals surface area (Å²) in [5, 5.41) is 3.22. The van der Waals surface area contributed by atoms with Crippen LogP contribution in [0.1, 0.15) is 57.6 Å². The van der Waals surface area contributed by atoms with E-state index in [0.717, 1.165) is 34.7 Å². The molecule has 0 saturated heterocycles. The molecular formula is C23H30N4O2. The van der Waals surface area contributed by atoms with Crippen molar-refractivity contribution in [3.63, 3.8) is 0 Å². The summed E-state index contributed by atoms with van der Waals surface area (Å²) in [6, 6.07) is 11.5. The van der Waals surface area contributed by atoms with E-state index in [1.165, 1.54) is 0 Å². The van der Waals surface area contributed by atoms with Gasteiger partial charge in [0.15, 0.2) is 5.65 Å². The van der Waals surface area contributed by atoms with Gasteiger partial charge in [-0.3, -0.25) is 4.79 Å². The summed E-state index contributed by atoms with van der Waals surface area (Å²) in [6.07, 6.45) is 2.89. The monoisotopic (exact) mass is 394 g/mol. The Morgan fingerprint density at radius 1 is 1.17 bits per heavy atom. The normalized spacial score (nSPS) is 12.5. The highest BCUT2D eigenvalue weighted by Gasteiger charge is 2.25. The Kier molecular flexibility index (Phi) is 6.52. The number of benzene rings is 1. The van der Waals surface area contributed by atoms with Crippen molar-refractivity contribution < 1.29 is 9.53 Å². The molecule has 1 N–H and O–H groups in total. The number of rotatable bonds is 8. The average Bonchev–Trinajstić information content (AvgIpc) is 3.07. The quantitative estimate of drug-likeness (QED) is 0.612. The van der Waals surface area contributed by atoms with E-state index < -0.39 is 0 Å². The number of methoxy groups -OCH3 is 1. The molecule has 0 aliphatic heterocycles. The number of hydrogen-bond donors (Lipinski definition) is 1. The van der Waals surface area contributed by atoms with Crippen molar-refractivity contribution in [1.82, 2.24) is 19.9 Å². The third-order valence-electron chi connectivity index (χ3n) is 4.85. The van der Waals surface area contributed by atoms with Crippen molar-refractivity contribution in [1.29, 1.82) is 0 Å². The zero-order valence-corrected chi connectivity index (χ0v) is 17.8. The Hall–Kier alpha value is -2.89. The largest absolute Gasteiger partial charge is 0.497 e. The maximum Gasteiger partial charge on any atom is 0.225 e. The van der Waals surface area contributed by atoms with Gasteiger partial charge in [-0.25, -0.2) is 9.97 Å². The highest BCUT2D eigenvalue weighted by Crippen LogP contribution is 2.27. The molecule has 3 rings (SSSR count). The first-order valence-electron chi connectivity index (χ1n) is 10.1. The highest BCUT2D eigenvalue weighted by atomic mass is 16.5. The van der Waals surface area contributed by atoms with Gasteiger partial charge in [0.1, 0.15) is 17.1 Å². The summed E-state index contributed by atoms with van der Waals surface area (Å²) < 4.78 is 7.40. The van der Waals surface area contributed by atoms with Gasteiger partial charge in [-0.1, -0.05) is 26.0 Å². The molecule has 0 saturated carbocycles. The van der Waals surface area contributed by atoms with Gasteiger partial charge >= 0.3 is 0 Å². The van der Waals surface area contributed by atoms with E-state index in [1.807, 2.05) is 36.4 Å². The smallest absolute Gasteiger partial charge is 0.225 e. The van der Waals surface area contributed by atoms with Crippen LogP contribution in [0.2, 0.25) is 0 Å². The molecule has 0 spiro atoms. The SMILES string of the molecule is COc1cccc(CC(=O)N[C@@H](CC(C)C)c2nc3cccnc3n2C(C)C)c1. The van der Waals surface area contributed by atoms with Gasteiger partial charge in [0.2, 0.25) is 5.91 Å². The lowest BCUT2D eigenvalue weighted by molar-refractivity contribution is -0.121. The Balaban J connectivity index is 1.89. The summed E-state index contributed by atoms with van der Waals surface area (Å²) >= 11 is 0. The molecule has 0 aliphatic rings. The summed E-state index contributed by atoms with van der Waals surface area (Å²) in [6.45, 7) is 8.54. The summed E-state index contributed by atoms with van der Waals surface area (Å²) in [5.41, 5.74) is 2.63. The lowest BCUT2D eigenvalue weighted by atomic mass is 10.0. The van der Waals surface area contributed by atoms with E-state index >= 15 is 0 Å². The number of fused-ring (bicyclic) bond motifs is 1. The van der Waals surface area contributed by atoms with E-state index in [-0.39, 0.29) is 18.0 Å². The average molecular weight is 395 g/mol. The van der Waals surface area contributed by atoms with Gasteiger partial charge in [-0.15, -0.1) is 0 Å². The number of carbonyl (C=O) groups excluding carboxylic acids is 1. The first-order chi connectivity index (χ1) is 13.9. The van der Waals surface area contributed by atoms with Crippen molar-refractivity contribution in [2.75, 3.05) is 7.11 Å². The van der Waals surface area contributed by atoms with E-state index in [0.29, 0.717) is 12.3 Å². The van der Waals surface area contributed by atoms with Crippen LogP contribution in [0.15, 0.2) is 42.6 Å². The van der Waals surface area contributed by atoms with Crippen LogP contribution in [0.25, 0.3) is 11.2 Å². The number of imidazole rings is 1. The third kappa shape index (κ3) is 4.94. The van der Waals surface area contributed by atoms with Crippen LogP contribution in [0, 0.1) is 5.92 Å². The van der Waals surface area contributed by atoms with E-state index in [4.69, 9.17) is 9.72 Å². The fourth-order valence-electron chi connectivity index (χ4n) is 3.62. The highest BCUT2D eigenvalue weighted by molar-refractivity contribution is 5.79. The summed E-state index contributed by atoms with van der Waals surface area (Å²) in [7, 11) is 1.63. The molecule has 0 radical (unpaired) electrons. The second kappa shape index (κ2) is 9.07. The van der Waals surface area contributed by atoms with Crippen molar-refractivity contribution in [3.05, 3.63) is 54.0 Å². The second-order valence-corrected chi connectivity index (χ2v) is 8.06. The summed E-state index contributed by atoms with van der Waals surface area (Å²) in [4.78, 5) is 22.2. The van der Waals surface area contributed by atoms with Gasteiger partial charge in [0.05, 0.1) is 19.6 Å². The van der Waals surface area contributed by atoms with Gasteiger partial charge in [-0.2, -0.15) is 0 Å². The minimum Gasteiger partial charge on any atom is -0.497 e. The minimum atomic E-state index is -0.176. The Labute approximate surface area is 172 Å². The molecular weight excluding hydrogens is 364 g/mol. The molecule has 2 heterocycles. The number of carbonyl (C=O) groups is 1. The standard InChI is InChI=1S/C23H30N4O2/c1-15(2)12-20(25-21(28)14-17-8-6-9-18(13-17)29-5)23-26-19-10-7-11-24-22(19)27(23)16(3)4/h6-11,13,15-16,20H,12,14H2,1-5H3,(H,25,28)/t20-/m0/s1. The molecule has 0 fully saturated rings. The predicted octanol–water partition coefficient (Wildman–Crippen LogP) is 4.47. The predicted molar refractivity (Wildman–Crippen MR) is 115 cm³/mol. The van der Waals surface area contributed by atoms with Crippen molar-refractivity contribution in [3.8, 4) is 5.75 Å². The van der Waals surface area contributed by atoms with Gasteiger partial charge in [-0.05, 0) is 56.0 Å². The molecule has 2 aromatic heterocycles. The van der Waals surface area contributed by atoms with Crippen LogP contribution in [0.4, 0.5) is 0 Å². The Morgan fingerprint density at radius 2 is 1.97 bits per heavy atom. The molecule has 3 aromatic rings. The van der Waals surface area contributed by atoms with E-state index in [1.54, 1.807) is 13.3 Å². The van der Waals surface area contributed by atoms with Crippen LogP contribution in [0.5, 0.6) is 5.75 Å². The first-order valence-corrected chi connectivity index (χ1v) is 10.1. The zero-order chi connectivity index (χ0) is 21.0. The first kappa shape index (κ1) is 20.8. The maximum absolute atomic E-state index is 12.9. The number of ether oxygens (including phenoxy) is 1. The van der Waals surface area contributed by atoms with E-state index in [2.05, 4.69) is 42.6 Å². The number of nitrogens with one attached hydrogen (secondary N) is 1. The fourth-order valence-corrected chi connectivity index (χ4v) is 3.62. The molecule has 0 bridgehead atoms. The molecule has 0 aliphatic carbocycles. The van der Waals surface area contributed by atoms with Gasteiger partial charge in [0.25, 0.3) is 0 Å². The summed E-state index contributed by atoms with van der Waals surface area (Å²) in [5.74, 6) is 1.99. The van der Waals surface area contributed by atoms with E-state index in [9.17, 15) is 4.79 Å². The Morgan fingerprint density at radius 3 is 2.66 bits per heavy atom.